The van der Waals surface area contributed by atoms with Crippen LogP contribution in [0.5, 0.6) is 0 Å². The van der Waals surface area contributed by atoms with Crippen molar-refractivity contribution in [3.05, 3.63) is 28.8 Å². The van der Waals surface area contributed by atoms with Gasteiger partial charge < -0.3 is 10.5 Å². The van der Waals surface area contributed by atoms with Gasteiger partial charge in [-0.3, -0.25) is 0 Å². The zero-order valence-corrected chi connectivity index (χ0v) is 9.76. The van der Waals surface area contributed by atoms with E-state index in [9.17, 15) is 4.79 Å². The number of para-hydroxylation sites is 1. The molecule has 82 valence electrons. The van der Waals surface area contributed by atoms with Gasteiger partial charge in [-0.25, -0.2) is 4.79 Å². The van der Waals surface area contributed by atoms with Gasteiger partial charge in [-0.15, -0.1) is 0 Å². The summed E-state index contributed by atoms with van der Waals surface area (Å²) in [6.45, 7) is 5.39. The van der Waals surface area contributed by atoms with Gasteiger partial charge in [-0.2, -0.15) is 0 Å². The highest BCUT2D eigenvalue weighted by atomic mass is 35.5. The molecule has 0 spiro atoms. The van der Waals surface area contributed by atoms with E-state index < -0.39 is 11.6 Å². The Morgan fingerprint density at radius 1 is 1.40 bits per heavy atom. The standard InChI is InChI=1S/C11H14ClNO2/c1-11(2,3)15-10(14)7-5-4-6-8(12)9(7)13/h4-6H,13H2,1-3H3. The van der Waals surface area contributed by atoms with E-state index in [1.165, 1.54) is 0 Å². The third kappa shape index (κ3) is 3.13. The maximum atomic E-state index is 11.7. The number of halogens is 1. The van der Waals surface area contributed by atoms with Gasteiger partial charge >= 0.3 is 5.97 Å². The molecule has 0 saturated heterocycles. The third-order valence-electron chi connectivity index (χ3n) is 1.67. The molecule has 1 aromatic rings. The quantitative estimate of drug-likeness (QED) is 0.593. The van der Waals surface area contributed by atoms with Crippen molar-refractivity contribution in [2.45, 2.75) is 26.4 Å². The molecule has 0 aromatic heterocycles. The second kappa shape index (κ2) is 4.11. The van der Waals surface area contributed by atoms with Crippen LogP contribution in [0, 0.1) is 0 Å². The van der Waals surface area contributed by atoms with Crippen molar-refractivity contribution in [3.63, 3.8) is 0 Å². The maximum absolute atomic E-state index is 11.7. The van der Waals surface area contributed by atoms with Gasteiger partial charge in [0.1, 0.15) is 5.60 Å². The molecule has 15 heavy (non-hydrogen) atoms. The molecule has 0 radical (unpaired) electrons. The zero-order chi connectivity index (χ0) is 11.6. The number of nitrogen functional groups attached to an aromatic ring is 1. The number of hydrogen-bond acceptors (Lipinski definition) is 3. The molecular formula is C11H14ClNO2. The van der Waals surface area contributed by atoms with Gasteiger partial charge in [0.05, 0.1) is 16.3 Å². The van der Waals surface area contributed by atoms with E-state index in [4.69, 9.17) is 22.1 Å². The van der Waals surface area contributed by atoms with Crippen LogP contribution in [0.2, 0.25) is 5.02 Å². The van der Waals surface area contributed by atoms with E-state index in [2.05, 4.69) is 0 Å². The third-order valence-corrected chi connectivity index (χ3v) is 2.00. The number of ether oxygens (including phenoxy) is 1. The van der Waals surface area contributed by atoms with E-state index in [0.717, 1.165) is 0 Å². The van der Waals surface area contributed by atoms with Gasteiger partial charge in [-0.05, 0) is 32.9 Å². The molecule has 0 aliphatic carbocycles. The van der Waals surface area contributed by atoms with Gasteiger partial charge in [0.15, 0.2) is 0 Å². The number of benzene rings is 1. The summed E-state index contributed by atoms with van der Waals surface area (Å²) in [5.74, 6) is -0.456. The van der Waals surface area contributed by atoms with Crippen LogP contribution in [0.3, 0.4) is 0 Å². The predicted octanol–water partition coefficient (Wildman–Crippen LogP) is 2.88. The minimum absolute atomic E-state index is 0.258. The lowest BCUT2D eigenvalue weighted by Crippen LogP contribution is -2.24. The van der Waals surface area contributed by atoms with Crippen LogP contribution in [0.15, 0.2) is 18.2 Å². The molecular weight excluding hydrogens is 214 g/mol. The first-order valence-electron chi connectivity index (χ1n) is 4.58. The van der Waals surface area contributed by atoms with E-state index >= 15 is 0 Å². The molecule has 0 fully saturated rings. The summed E-state index contributed by atoms with van der Waals surface area (Å²) in [6.07, 6.45) is 0. The van der Waals surface area contributed by atoms with Crippen LogP contribution in [0.4, 0.5) is 5.69 Å². The Morgan fingerprint density at radius 2 is 2.00 bits per heavy atom. The SMILES string of the molecule is CC(C)(C)OC(=O)c1cccc(Cl)c1N. The van der Waals surface area contributed by atoms with E-state index in [-0.39, 0.29) is 5.69 Å². The molecule has 0 atom stereocenters. The highest BCUT2D eigenvalue weighted by Crippen LogP contribution is 2.24. The Bertz CT molecular complexity index is 383. The molecule has 2 N–H and O–H groups in total. The van der Waals surface area contributed by atoms with Crippen molar-refractivity contribution < 1.29 is 9.53 Å². The summed E-state index contributed by atoms with van der Waals surface area (Å²) in [7, 11) is 0. The zero-order valence-electron chi connectivity index (χ0n) is 9.00. The Morgan fingerprint density at radius 3 is 2.53 bits per heavy atom. The molecule has 0 saturated carbocycles. The molecule has 4 heteroatoms. The lowest BCUT2D eigenvalue weighted by molar-refractivity contribution is 0.00708. The lowest BCUT2D eigenvalue weighted by Gasteiger charge is -2.20. The minimum atomic E-state index is -0.536. The number of hydrogen-bond donors (Lipinski definition) is 1. The normalized spacial score (nSPS) is 11.2. The number of esters is 1. The van der Waals surface area contributed by atoms with Crippen LogP contribution in [0.25, 0.3) is 0 Å². The molecule has 0 unspecified atom stereocenters. The van der Waals surface area contributed by atoms with Crippen LogP contribution in [-0.4, -0.2) is 11.6 Å². The number of anilines is 1. The Hall–Kier alpha value is -1.22. The van der Waals surface area contributed by atoms with E-state index in [1.807, 2.05) is 0 Å². The Labute approximate surface area is 94.2 Å². The number of carbonyl (C=O) groups is 1. The van der Waals surface area contributed by atoms with Crippen LogP contribution in [-0.2, 0) is 4.74 Å². The summed E-state index contributed by atoms with van der Waals surface area (Å²) in [4.78, 5) is 11.7. The molecule has 3 nitrogen and oxygen atoms in total. The fourth-order valence-corrected chi connectivity index (χ4v) is 1.22. The van der Waals surface area contributed by atoms with E-state index in [0.29, 0.717) is 10.6 Å². The highest BCUT2D eigenvalue weighted by molar-refractivity contribution is 6.33. The summed E-state index contributed by atoms with van der Waals surface area (Å²) >= 11 is 5.80. The summed E-state index contributed by atoms with van der Waals surface area (Å²) in [5.41, 5.74) is 5.69. The molecule has 0 bridgehead atoms. The first-order valence-corrected chi connectivity index (χ1v) is 4.96. The topological polar surface area (TPSA) is 52.3 Å². The smallest absolute Gasteiger partial charge is 0.340 e. The number of rotatable bonds is 1. The van der Waals surface area contributed by atoms with Crippen molar-refractivity contribution in [2.75, 3.05) is 5.73 Å². The monoisotopic (exact) mass is 227 g/mol. The summed E-state index contributed by atoms with van der Waals surface area (Å²) < 4.78 is 5.18. The Balaban J connectivity index is 2.97. The molecule has 0 heterocycles. The average Bonchev–Trinajstić information content (AvgIpc) is 2.06. The second-order valence-corrected chi connectivity index (χ2v) is 4.61. The van der Waals surface area contributed by atoms with Crippen LogP contribution in [0.1, 0.15) is 31.1 Å². The van der Waals surface area contributed by atoms with Crippen molar-refractivity contribution >= 4 is 23.3 Å². The number of carbonyl (C=O) groups excluding carboxylic acids is 1. The fourth-order valence-electron chi connectivity index (χ4n) is 1.05. The average molecular weight is 228 g/mol. The fraction of sp³-hybridized carbons (Fsp3) is 0.364. The predicted molar refractivity (Wildman–Crippen MR) is 61.0 cm³/mol. The van der Waals surface area contributed by atoms with Gasteiger partial charge in [0, 0.05) is 0 Å². The van der Waals surface area contributed by atoms with Crippen molar-refractivity contribution in [1.82, 2.24) is 0 Å². The van der Waals surface area contributed by atoms with Crippen molar-refractivity contribution in [2.24, 2.45) is 0 Å². The number of nitrogens with two attached hydrogens (primary N) is 1. The van der Waals surface area contributed by atoms with Gasteiger partial charge in [0.2, 0.25) is 0 Å². The van der Waals surface area contributed by atoms with Gasteiger partial charge in [-0.1, -0.05) is 17.7 Å². The van der Waals surface area contributed by atoms with Crippen LogP contribution >= 0.6 is 11.6 Å². The highest BCUT2D eigenvalue weighted by Gasteiger charge is 2.20. The van der Waals surface area contributed by atoms with Crippen LogP contribution < -0.4 is 5.73 Å². The van der Waals surface area contributed by atoms with E-state index in [1.54, 1.807) is 39.0 Å². The van der Waals surface area contributed by atoms with Crippen molar-refractivity contribution in [3.8, 4) is 0 Å². The summed E-state index contributed by atoms with van der Waals surface area (Å²) in [5, 5.41) is 0.360. The molecule has 1 rings (SSSR count). The second-order valence-electron chi connectivity index (χ2n) is 4.20. The first-order chi connectivity index (χ1) is 6.81. The van der Waals surface area contributed by atoms with Gasteiger partial charge in [0.25, 0.3) is 0 Å². The molecule has 0 amide bonds. The minimum Gasteiger partial charge on any atom is -0.456 e. The largest absolute Gasteiger partial charge is 0.456 e. The lowest BCUT2D eigenvalue weighted by atomic mass is 10.1. The molecule has 1 aromatic carbocycles. The first kappa shape index (κ1) is 11.9. The molecule has 0 aliphatic heterocycles. The van der Waals surface area contributed by atoms with Crippen molar-refractivity contribution in [1.29, 1.82) is 0 Å². The molecule has 0 aliphatic rings. The summed E-state index contributed by atoms with van der Waals surface area (Å²) in [6, 6.07) is 4.89. The maximum Gasteiger partial charge on any atom is 0.340 e. The Kier molecular flexibility index (Phi) is 3.25.